The van der Waals surface area contributed by atoms with Crippen molar-refractivity contribution in [2.24, 2.45) is 0 Å². The summed E-state index contributed by atoms with van der Waals surface area (Å²) in [6.07, 6.45) is 2.33. The molecule has 328 valence electrons. The predicted octanol–water partition coefficient (Wildman–Crippen LogP) is 18.0. The van der Waals surface area contributed by atoms with E-state index in [2.05, 4.69) is 269 Å². The molecule has 0 spiro atoms. The Morgan fingerprint density at radius 2 is 0.853 bits per heavy atom. The first-order valence-electron chi connectivity index (χ1n) is 24.3. The highest BCUT2D eigenvalue weighted by Gasteiger charge is 2.49. The van der Waals surface area contributed by atoms with E-state index in [1.165, 1.54) is 102 Å². The minimum Gasteiger partial charge on any atom is -0.309 e. The Morgan fingerprint density at radius 3 is 1.51 bits per heavy atom. The highest BCUT2D eigenvalue weighted by atomic mass is 15.1. The molecule has 0 saturated carbocycles. The third-order valence-electron chi connectivity index (χ3n) is 15.4. The molecule has 0 heterocycles. The van der Waals surface area contributed by atoms with Crippen LogP contribution in [0.5, 0.6) is 0 Å². The van der Waals surface area contributed by atoms with Crippen molar-refractivity contribution in [3.8, 4) is 44.5 Å². The number of hydrogen-bond donors (Lipinski definition) is 0. The van der Waals surface area contributed by atoms with Crippen LogP contribution in [-0.2, 0) is 16.2 Å². The quantitative estimate of drug-likeness (QED) is 0.147. The summed E-state index contributed by atoms with van der Waals surface area (Å²) in [4.78, 5) is 2.45. The summed E-state index contributed by atoms with van der Waals surface area (Å²) in [6, 6.07) is 88.2. The normalized spacial score (nSPS) is 15.0. The Labute approximate surface area is 402 Å². The van der Waals surface area contributed by atoms with E-state index in [1.54, 1.807) is 0 Å². The van der Waals surface area contributed by atoms with Crippen molar-refractivity contribution >= 4 is 27.8 Å². The smallest absolute Gasteiger partial charge is 0.0713 e. The van der Waals surface area contributed by atoms with Crippen LogP contribution in [-0.4, -0.2) is 0 Å². The van der Waals surface area contributed by atoms with Gasteiger partial charge in [-0.05, 0) is 138 Å². The van der Waals surface area contributed by atoms with Gasteiger partial charge in [0.05, 0.1) is 16.8 Å². The molecule has 1 nitrogen and oxygen atoms in total. The van der Waals surface area contributed by atoms with Crippen LogP contribution in [0.25, 0.3) is 55.3 Å². The number of hydrogen-bond acceptors (Lipinski definition) is 1. The zero-order chi connectivity index (χ0) is 46.0. The lowest BCUT2D eigenvalue weighted by Gasteiger charge is -2.43. The Balaban J connectivity index is 1.08. The second-order valence-corrected chi connectivity index (χ2v) is 20.3. The van der Waals surface area contributed by atoms with Crippen LogP contribution in [0.1, 0.15) is 73.9 Å². The van der Waals surface area contributed by atoms with Crippen LogP contribution < -0.4 is 4.90 Å². The van der Waals surface area contributed by atoms with Gasteiger partial charge in [0, 0.05) is 16.6 Å². The van der Waals surface area contributed by atoms with E-state index in [9.17, 15) is 0 Å². The van der Waals surface area contributed by atoms with Gasteiger partial charge in [-0.3, -0.25) is 0 Å². The summed E-state index contributed by atoms with van der Waals surface area (Å²) in [7, 11) is 0. The highest BCUT2D eigenvalue weighted by molar-refractivity contribution is 6.04. The molecule has 0 unspecified atom stereocenters. The lowest BCUT2D eigenvalue weighted by atomic mass is 9.61. The van der Waals surface area contributed by atoms with Gasteiger partial charge in [-0.25, -0.2) is 0 Å². The van der Waals surface area contributed by atoms with Crippen molar-refractivity contribution in [2.75, 3.05) is 4.90 Å². The molecule has 2 aliphatic rings. The molecular weight excluding hydrogens is 819 g/mol. The van der Waals surface area contributed by atoms with E-state index in [0.717, 1.165) is 17.1 Å². The minimum atomic E-state index is -0.497. The van der Waals surface area contributed by atoms with E-state index < -0.39 is 5.41 Å². The summed E-state index contributed by atoms with van der Waals surface area (Å²) >= 11 is 0. The number of anilines is 3. The highest BCUT2D eigenvalue weighted by Crippen LogP contribution is 2.61. The Kier molecular flexibility index (Phi) is 9.96. The van der Waals surface area contributed by atoms with Gasteiger partial charge in [-0.15, -0.1) is 0 Å². The largest absolute Gasteiger partial charge is 0.309 e. The maximum absolute atomic E-state index is 2.64. The monoisotopic (exact) mass is 873 g/mol. The van der Waals surface area contributed by atoms with Crippen LogP contribution in [0.15, 0.2) is 237 Å². The van der Waals surface area contributed by atoms with Crippen LogP contribution in [0, 0.1) is 0 Å². The molecule has 0 aliphatic heterocycles. The molecule has 0 atom stereocenters. The van der Waals surface area contributed by atoms with Crippen LogP contribution >= 0.6 is 0 Å². The SMILES string of the molecule is CC1(C)CCC(C)(C)c2cc3c(cc21)-c1c(-c2ccc4c(N(c5ccc(-c6ccccc6)cc5)c5ccccc5-c5ccccc5)cccc4c2)cccc1C3(c1ccccc1)c1ccccc1. The number of benzene rings is 10. The Morgan fingerprint density at radius 1 is 0.338 bits per heavy atom. The van der Waals surface area contributed by atoms with Gasteiger partial charge in [0.25, 0.3) is 0 Å². The van der Waals surface area contributed by atoms with Crippen molar-refractivity contribution < 1.29 is 0 Å². The molecule has 10 aromatic rings. The lowest BCUT2D eigenvalue weighted by molar-refractivity contribution is 0.331. The summed E-state index contributed by atoms with van der Waals surface area (Å²) < 4.78 is 0. The third kappa shape index (κ3) is 6.67. The average molecular weight is 874 g/mol. The van der Waals surface area contributed by atoms with Crippen LogP contribution in [0.2, 0.25) is 0 Å². The molecule has 0 saturated heterocycles. The molecule has 68 heavy (non-hydrogen) atoms. The Bertz CT molecular complexity index is 3440. The van der Waals surface area contributed by atoms with Gasteiger partial charge in [-0.2, -0.15) is 0 Å². The first-order chi connectivity index (χ1) is 33.2. The topological polar surface area (TPSA) is 3.24 Å². The van der Waals surface area contributed by atoms with Gasteiger partial charge in [0.15, 0.2) is 0 Å². The average Bonchev–Trinajstić information content (AvgIpc) is 3.69. The van der Waals surface area contributed by atoms with Crippen molar-refractivity contribution in [1.82, 2.24) is 0 Å². The van der Waals surface area contributed by atoms with Gasteiger partial charge in [0.2, 0.25) is 0 Å². The molecule has 10 aromatic carbocycles. The van der Waals surface area contributed by atoms with Gasteiger partial charge in [0.1, 0.15) is 0 Å². The first-order valence-corrected chi connectivity index (χ1v) is 24.3. The summed E-state index contributed by atoms with van der Waals surface area (Å²) in [6.45, 7) is 9.82. The molecule has 0 amide bonds. The Hall–Kier alpha value is -7.74. The van der Waals surface area contributed by atoms with E-state index in [0.29, 0.717) is 0 Å². The van der Waals surface area contributed by atoms with E-state index in [1.807, 2.05) is 0 Å². The number of para-hydroxylation sites is 1. The predicted molar refractivity (Wildman–Crippen MR) is 288 cm³/mol. The van der Waals surface area contributed by atoms with E-state index in [4.69, 9.17) is 0 Å². The minimum absolute atomic E-state index is 0.0615. The van der Waals surface area contributed by atoms with Crippen molar-refractivity contribution in [3.05, 3.63) is 270 Å². The molecule has 12 rings (SSSR count). The standard InChI is InChI=1S/C67H55N/c1-65(2)41-42-66(3,4)61-45-59-57(44-60(61)65)64-56(31-20-32-58(64)67(59,51-26-13-7-14-27-51)52-28-15-8-16-29-52)50-37-40-55-49(43-50)25-19-34-63(55)68(53-38-35-47(36-39-53)46-21-9-5-10-22-46)62-33-18-17-30-54(62)48-23-11-6-12-24-48/h5-40,43-45H,41-42H2,1-4H3. The fourth-order valence-electron chi connectivity index (χ4n) is 11.8. The lowest BCUT2D eigenvalue weighted by Crippen LogP contribution is -2.35. The zero-order valence-electron chi connectivity index (χ0n) is 39.4. The molecule has 0 radical (unpaired) electrons. The van der Waals surface area contributed by atoms with Crippen molar-refractivity contribution in [3.63, 3.8) is 0 Å². The maximum Gasteiger partial charge on any atom is 0.0713 e. The second-order valence-electron chi connectivity index (χ2n) is 20.3. The van der Waals surface area contributed by atoms with Crippen LogP contribution in [0.4, 0.5) is 17.1 Å². The van der Waals surface area contributed by atoms with Gasteiger partial charge in [-0.1, -0.05) is 228 Å². The first kappa shape index (κ1) is 41.7. The summed E-state index contributed by atoms with van der Waals surface area (Å²) in [5.41, 5.74) is 21.2. The van der Waals surface area contributed by atoms with Crippen LogP contribution in [0.3, 0.4) is 0 Å². The zero-order valence-corrected chi connectivity index (χ0v) is 39.4. The van der Waals surface area contributed by atoms with E-state index in [-0.39, 0.29) is 10.8 Å². The van der Waals surface area contributed by atoms with Gasteiger partial charge < -0.3 is 4.90 Å². The molecule has 2 aliphatic carbocycles. The third-order valence-corrected chi connectivity index (χ3v) is 15.4. The summed E-state index contributed by atoms with van der Waals surface area (Å²) in [5.74, 6) is 0. The van der Waals surface area contributed by atoms with Crippen molar-refractivity contribution in [2.45, 2.75) is 56.8 Å². The van der Waals surface area contributed by atoms with E-state index >= 15 is 0 Å². The number of rotatable bonds is 8. The fraction of sp³-hybridized carbons (Fsp3) is 0.134. The molecule has 0 aromatic heterocycles. The molecule has 0 fully saturated rings. The maximum atomic E-state index is 2.64. The van der Waals surface area contributed by atoms with Crippen molar-refractivity contribution in [1.29, 1.82) is 0 Å². The van der Waals surface area contributed by atoms with Gasteiger partial charge >= 0.3 is 0 Å². The molecule has 1 heteroatoms. The second kappa shape index (κ2) is 16.2. The number of fused-ring (bicyclic) bond motifs is 5. The number of nitrogens with zero attached hydrogens (tertiary/aromatic N) is 1. The summed E-state index contributed by atoms with van der Waals surface area (Å²) in [5, 5.41) is 2.39. The molecular formula is C67H55N. The fourth-order valence-corrected chi connectivity index (χ4v) is 11.8. The molecule has 0 N–H and O–H groups in total. The molecule has 0 bridgehead atoms.